The number of aromatic amines is 1. The van der Waals surface area contributed by atoms with E-state index in [1.807, 2.05) is 41.3 Å². The van der Waals surface area contributed by atoms with Gasteiger partial charge in [0, 0.05) is 87.4 Å². The van der Waals surface area contributed by atoms with Crippen LogP contribution < -0.4 is 24.6 Å². The molecule has 0 saturated carbocycles. The number of halogens is 1. The van der Waals surface area contributed by atoms with E-state index in [9.17, 15) is 23.3 Å². The van der Waals surface area contributed by atoms with Crippen molar-refractivity contribution in [2.45, 2.75) is 81.9 Å². The molecule has 1 unspecified atom stereocenters. The van der Waals surface area contributed by atoms with E-state index in [1.54, 1.807) is 12.3 Å². The van der Waals surface area contributed by atoms with Crippen LogP contribution in [-0.4, -0.2) is 125 Å². The predicted molar refractivity (Wildman–Crippen MR) is 274 cm³/mol. The summed E-state index contributed by atoms with van der Waals surface area (Å²) in [7, 11) is -4.61. The average molecular weight is 1010 g/mol. The van der Waals surface area contributed by atoms with Crippen molar-refractivity contribution in [3.05, 3.63) is 111 Å². The molecule has 3 atom stereocenters. The quantitative estimate of drug-likeness (QED) is 0.0888. The first-order chi connectivity index (χ1) is 34.3. The lowest BCUT2D eigenvalue weighted by molar-refractivity contribution is -0.384. The minimum absolute atomic E-state index is 0.0117. The Bertz CT molecular complexity index is 2920. The van der Waals surface area contributed by atoms with Gasteiger partial charge in [0.1, 0.15) is 17.0 Å². The fraction of sp³-hybridized carbons (Fsp3) is 0.462. The van der Waals surface area contributed by atoms with Gasteiger partial charge in [-0.2, -0.15) is 4.98 Å². The van der Waals surface area contributed by atoms with E-state index in [-0.39, 0.29) is 34.9 Å². The van der Waals surface area contributed by atoms with E-state index in [0.29, 0.717) is 93.6 Å². The van der Waals surface area contributed by atoms with Gasteiger partial charge in [-0.1, -0.05) is 37.6 Å². The molecule has 0 bridgehead atoms. The number of hydrogen-bond acceptors (Lipinski definition) is 14. The molecule has 3 saturated heterocycles. The van der Waals surface area contributed by atoms with Gasteiger partial charge in [0.05, 0.1) is 52.5 Å². The van der Waals surface area contributed by atoms with Crippen LogP contribution in [0, 0.1) is 15.5 Å². The molecular weight excluding hydrogens is 948 g/mol. The Morgan fingerprint density at radius 2 is 1.79 bits per heavy atom. The SMILES string of the molecule is CC1(C)CC(c2ccc(Cl)cc2)=C2CN3CCN(c4ccc(C(=O)NS(=O)(=O)c5ccc(NCC6CCCCO6)c([N+](=O)[O-])c5)c(N5CCCOc6nc7[nH]ccc7cc65)c4)C[C@H]3COCCCO[C@@H]2C1. The number of anilines is 4. The number of fused-ring (bicyclic) bond motifs is 4. The maximum Gasteiger partial charge on any atom is 0.293 e. The average Bonchev–Trinajstić information content (AvgIpc) is 3.71. The Hall–Kier alpha value is -5.76. The van der Waals surface area contributed by atoms with Gasteiger partial charge < -0.3 is 39.0 Å². The second kappa shape index (κ2) is 20.8. The van der Waals surface area contributed by atoms with Gasteiger partial charge in [0.2, 0.25) is 5.88 Å². The number of rotatable bonds is 10. The van der Waals surface area contributed by atoms with Crippen LogP contribution in [0.5, 0.6) is 5.88 Å². The number of hydrogen-bond donors (Lipinski definition) is 3. The van der Waals surface area contributed by atoms with Crippen LogP contribution in [0.25, 0.3) is 16.6 Å². The molecule has 2 aromatic heterocycles. The highest BCUT2D eigenvalue weighted by Crippen LogP contribution is 2.46. The summed E-state index contributed by atoms with van der Waals surface area (Å²) in [4.78, 5) is 40.5. The summed E-state index contributed by atoms with van der Waals surface area (Å²) in [5.41, 5.74) is 6.20. The van der Waals surface area contributed by atoms with Crippen LogP contribution in [0.1, 0.15) is 74.7 Å². The Labute approximate surface area is 419 Å². The first-order valence-electron chi connectivity index (χ1n) is 24.7. The van der Waals surface area contributed by atoms with Gasteiger partial charge in [0.25, 0.3) is 21.6 Å². The van der Waals surface area contributed by atoms with Crippen molar-refractivity contribution in [1.29, 1.82) is 0 Å². The number of carbonyl (C=O) groups is 1. The van der Waals surface area contributed by atoms with Crippen molar-refractivity contribution in [3.8, 4) is 5.88 Å². The summed E-state index contributed by atoms with van der Waals surface area (Å²) in [5.74, 6) is -0.520. The van der Waals surface area contributed by atoms with E-state index < -0.39 is 31.4 Å². The highest BCUT2D eigenvalue weighted by atomic mass is 35.5. The van der Waals surface area contributed by atoms with E-state index in [0.717, 1.165) is 74.3 Å². The van der Waals surface area contributed by atoms with Crippen LogP contribution in [0.2, 0.25) is 5.02 Å². The minimum atomic E-state index is -4.61. The van der Waals surface area contributed by atoms with Gasteiger partial charge in [-0.25, -0.2) is 13.1 Å². The highest BCUT2D eigenvalue weighted by molar-refractivity contribution is 7.90. The number of sulfonamides is 1. The fourth-order valence-electron chi connectivity index (χ4n) is 10.7. The predicted octanol–water partition coefficient (Wildman–Crippen LogP) is 8.71. The molecule has 4 aliphatic heterocycles. The Morgan fingerprint density at radius 1 is 0.944 bits per heavy atom. The summed E-state index contributed by atoms with van der Waals surface area (Å²) in [5, 5.41) is 16.9. The van der Waals surface area contributed by atoms with Crippen molar-refractivity contribution >= 4 is 72.6 Å². The standard InChI is InChI=1S/C52H61ClN8O9S/c1-52(2)28-42(34-8-10-36(53)11-9-34)43-32-59-20-19-58(31-38(59)33-67-21-6-24-69-48(43)29-52)37-12-14-41(45(26-37)60-18-5-23-70-51-47(60)25-35-16-17-54-49(35)56-51)50(62)57-71(65,66)40-13-15-44(46(27-40)61(63)64)55-30-39-7-3-4-22-68-39/h8-17,25-27,38-39,48,55H,3-7,18-24,28-33H2,1-2H3,(H,54,56)(H,57,62)/t38-,39?,48+/m0/s1. The summed E-state index contributed by atoms with van der Waals surface area (Å²) in [6, 6.07) is 21.1. The molecular formula is C52H61ClN8O9S. The molecule has 71 heavy (non-hydrogen) atoms. The van der Waals surface area contributed by atoms with Crippen LogP contribution in [-0.2, 0) is 24.2 Å². The lowest BCUT2D eigenvalue weighted by Crippen LogP contribution is -2.56. The second-order valence-electron chi connectivity index (χ2n) is 19.9. The Balaban J connectivity index is 0.968. The zero-order valence-electron chi connectivity index (χ0n) is 40.2. The van der Waals surface area contributed by atoms with Crippen LogP contribution in [0.3, 0.4) is 0 Å². The molecule has 1 aliphatic carbocycles. The first kappa shape index (κ1) is 48.8. The number of carbonyl (C=O) groups excluding carboxylic acids is 1. The number of nitro benzene ring substituents is 1. The summed E-state index contributed by atoms with van der Waals surface area (Å²) in [6.07, 6.45) is 7.63. The summed E-state index contributed by atoms with van der Waals surface area (Å²) >= 11 is 6.37. The number of benzene rings is 3. The van der Waals surface area contributed by atoms with Gasteiger partial charge >= 0.3 is 0 Å². The minimum Gasteiger partial charge on any atom is -0.476 e. The molecule has 3 aromatic carbocycles. The largest absolute Gasteiger partial charge is 0.476 e. The molecule has 3 fully saturated rings. The normalized spacial score (nSPS) is 22.3. The number of H-pyrrole nitrogens is 1. The molecule has 10 rings (SSSR count). The molecule has 0 spiro atoms. The molecule has 376 valence electrons. The number of amides is 1. The molecule has 1 amide bonds. The van der Waals surface area contributed by atoms with Crippen molar-refractivity contribution < 1.29 is 37.1 Å². The summed E-state index contributed by atoms with van der Waals surface area (Å²) in [6.45, 7) is 10.8. The third kappa shape index (κ3) is 10.9. The maximum absolute atomic E-state index is 14.6. The topological polar surface area (TPSA) is 194 Å². The number of nitro groups is 1. The molecule has 19 heteroatoms. The van der Waals surface area contributed by atoms with Crippen molar-refractivity contribution in [1.82, 2.24) is 19.6 Å². The lowest BCUT2D eigenvalue weighted by atomic mass is 9.71. The number of ether oxygens (including phenoxy) is 4. The zero-order valence-corrected chi connectivity index (χ0v) is 41.7. The third-order valence-corrected chi connectivity index (χ3v) is 15.9. The molecule has 5 aliphatic rings. The van der Waals surface area contributed by atoms with Gasteiger partial charge in [-0.05, 0) is 122 Å². The molecule has 3 N–H and O–H groups in total. The van der Waals surface area contributed by atoms with E-state index >= 15 is 0 Å². The van der Waals surface area contributed by atoms with E-state index in [1.165, 1.54) is 23.3 Å². The molecule has 6 heterocycles. The monoisotopic (exact) mass is 1010 g/mol. The molecule has 5 aromatic rings. The third-order valence-electron chi connectivity index (χ3n) is 14.3. The number of nitrogens with zero attached hydrogens (tertiary/aromatic N) is 5. The lowest BCUT2D eigenvalue weighted by Gasteiger charge is -2.45. The first-order valence-corrected chi connectivity index (χ1v) is 26.5. The van der Waals surface area contributed by atoms with Gasteiger partial charge in [-0.3, -0.25) is 19.8 Å². The van der Waals surface area contributed by atoms with E-state index in [2.05, 4.69) is 50.8 Å². The van der Waals surface area contributed by atoms with Crippen LogP contribution >= 0.6 is 11.6 Å². The maximum atomic E-state index is 14.6. The summed E-state index contributed by atoms with van der Waals surface area (Å²) < 4.78 is 55.4. The van der Waals surface area contributed by atoms with Gasteiger partial charge in [0.15, 0.2) is 0 Å². The zero-order chi connectivity index (χ0) is 49.3. The molecule has 17 nitrogen and oxygen atoms in total. The number of nitrogens with one attached hydrogen (secondary N) is 3. The fourth-order valence-corrected chi connectivity index (χ4v) is 11.8. The van der Waals surface area contributed by atoms with Gasteiger partial charge in [-0.15, -0.1) is 0 Å². The molecule has 0 radical (unpaired) electrons. The number of aromatic nitrogens is 2. The number of piperazine rings is 1. The van der Waals surface area contributed by atoms with E-state index in [4.69, 9.17) is 35.5 Å². The van der Waals surface area contributed by atoms with Crippen molar-refractivity contribution in [3.63, 3.8) is 0 Å². The van der Waals surface area contributed by atoms with Crippen LogP contribution in [0.4, 0.5) is 28.4 Å². The highest BCUT2D eigenvalue weighted by Gasteiger charge is 2.39. The second-order valence-corrected chi connectivity index (χ2v) is 22.1. The van der Waals surface area contributed by atoms with Crippen molar-refractivity contribution in [2.24, 2.45) is 5.41 Å². The smallest absolute Gasteiger partial charge is 0.293 e. The number of pyridine rings is 1. The Morgan fingerprint density at radius 3 is 2.61 bits per heavy atom. The van der Waals surface area contributed by atoms with Crippen LogP contribution in [0.15, 0.2) is 89.5 Å². The van der Waals surface area contributed by atoms with Crippen molar-refractivity contribution in [2.75, 3.05) is 87.4 Å². The number of allylic oxidation sites excluding steroid dienone is 1. The Kier molecular flexibility index (Phi) is 14.3.